The summed E-state index contributed by atoms with van der Waals surface area (Å²) in [6.45, 7) is 1.39. The van der Waals surface area contributed by atoms with Crippen molar-refractivity contribution < 1.29 is 39.0 Å². The van der Waals surface area contributed by atoms with Gasteiger partial charge in [0.05, 0.1) is 13.0 Å². The van der Waals surface area contributed by atoms with Crippen molar-refractivity contribution in [1.82, 2.24) is 20.0 Å². The first-order valence-corrected chi connectivity index (χ1v) is 11.9. The highest BCUT2D eigenvalue weighted by atomic mass is 16.4. The highest BCUT2D eigenvalue weighted by Gasteiger charge is 2.41. The maximum absolute atomic E-state index is 13.4. The lowest BCUT2D eigenvalue weighted by atomic mass is 9.84. The number of likely N-dealkylation sites (tertiary alicyclic amines) is 1. The van der Waals surface area contributed by atoms with E-state index in [0.29, 0.717) is 19.4 Å². The maximum Gasteiger partial charge on any atom is 0.326 e. The summed E-state index contributed by atoms with van der Waals surface area (Å²) in [7, 11) is 2.91. The molecule has 4 amide bonds. The molecule has 0 radical (unpaired) electrons. The number of likely N-dealkylation sites (N-methyl/N-ethyl adjacent to an activating group) is 2. The first-order chi connectivity index (χ1) is 16.4. The number of nitrogens with one attached hydrogen (secondary N) is 1. The number of aliphatic carboxylic acids is 2. The summed E-state index contributed by atoms with van der Waals surface area (Å²) in [4.78, 5) is 76.7. The zero-order valence-corrected chi connectivity index (χ0v) is 20.6. The third kappa shape index (κ3) is 7.66. The molecule has 1 saturated carbocycles. The molecule has 12 heteroatoms. The van der Waals surface area contributed by atoms with E-state index in [1.165, 1.54) is 30.8 Å². The number of rotatable bonds is 11. The maximum atomic E-state index is 13.4. The molecule has 1 aliphatic carbocycles. The Morgan fingerprint density at radius 1 is 1.00 bits per heavy atom. The normalized spacial score (nSPS) is 19.6. The van der Waals surface area contributed by atoms with Gasteiger partial charge in [0.15, 0.2) is 0 Å². The molecule has 196 valence electrons. The van der Waals surface area contributed by atoms with E-state index in [2.05, 4.69) is 5.32 Å². The molecule has 12 nitrogen and oxygen atoms in total. The molecule has 1 aliphatic heterocycles. The van der Waals surface area contributed by atoms with Gasteiger partial charge < -0.3 is 30.2 Å². The molecule has 2 aliphatic rings. The van der Waals surface area contributed by atoms with Gasteiger partial charge in [0.2, 0.25) is 23.6 Å². The zero-order chi connectivity index (χ0) is 26.3. The van der Waals surface area contributed by atoms with Gasteiger partial charge in [-0.1, -0.05) is 32.1 Å². The Bertz CT molecular complexity index is 841. The lowest BCUT2D eigenvalue weighted by molar-refractivity contribution is -0.156. The molecule has 2 rings (SSSR count). The smallest absolute Gasteiger partial charge is 0.326 e. The molecule has 0 spiro atoms. The molecule has 35 heavy (non-hydrogen) atoms. The fourth-order valence-electron chi connectivity index (χ4n) is 4.74. The van der Waals surface area contributed by atoms with E-state index in [1.807, 2.05) is 0 Å². The molecule has 0 bridgehead atoms. The Morgan fingerprint density at radius 2 is 1.63 bits per heavy atom. The molecule has 1 saturated heterocycles. The number of carboxylic acid groups (broad SMARTS) is 2. The van der Waals surface area contributed by atoms with Crippen molar-refractivity contribution in [3.63, 3.8) is 0 Å². The molecule has 3 N–H and O–H groups in total. The second-order valence-electron chi connectivity index (χ2n) is 9.47. The highest BCUT2D eigenvalue weighted by molar-refractivity contribution is 5.94. The second kappa shape index (κ2) is 12.5. The van der Waals surface area contributed by atoms with Gasteiger partial charge in [-0.15, -0.1) is 0 Å². The van der Waals surface area contributed by atoms with Crippen molar-refractivity contribution in [3.05, 3.63) is 0 Å². The number of carbonyl (C=O) groups excluding carboxylic acids is 4. The molecule has 3 atom stereocenters. The van der Waals surface area contributed by atoms with Crippen molar-refractivity contribution in [2.75, 3.05) is 27.2 Å². The Balaban J connectivity index is 2.12. The van der Waals surface area contributed by atoms with Crippen LogP contribution in [0.5, 0.6) is 0 Å². The number of amides is 4. The van der Waals surface area contributed by atoms with Crippen LogP contribution in [0.25, 0.3) is 0 Å². The Kier molecular flexibility index (Phi) is 10.0. The Labute approximate surface area is 204 Å². The number of hydrogen-bond acceptors (Lipinski definition) is 6. The number of nitrogens with zero attached hydrogens (tertiary/aromatic N) is 3. The van der Waals surface area contributed by atoms with Gasteiger partial charge in [-0.2, -0.15) is 0 Å². The van der Waals surface area contributed by atoms with Gasteiger partial charge in [0.1, 0.15) is 18.1 Å². The van der Waals surface area contributed by atoms with Crippen LogP contribution in [-0.4, -0.2) is 106 Å². The molecule has 2 fully saturated rings. The van der Waals surface area contributed by atoms with E-state index < -0.39 is 54.8 Å². The predicted molar refractivity (Wildman–Crippen MR) is 123 cm³/mol. The van der Waals surface area contributed by atoms with Crippen LogP contribution in [-0.2, 0) is 28.8 Å². The number of carbonyl (C=O) groups is 6. The molecular formula is C23H36N4O8. The van der Waals surface area contributed by atoms with E-state index in [9.17, 15) is 28.8 Å². The topological polar surface area (TPSA) is 165 Å². The Morgan fingerprint density at radius 3 is 2.11 bits per heavy atom. The van der Waals surface area contributed by atoms with Crippen LogP contribution in [0.1, 0.15) is 58.3 Å². The summed E-state index contributed by atoms with van der Waals surface area (Å²) in [5, 5.41) is 20.1. The first-order valence-electron chi connectivity index (χ1n) is 11.9. The van der Waals surface area contributed by atoms with Crippen LogP contribution in [0.4, 0.5) is 0 Å². The van der Waals surface area contributed by atoms with Crippen LogP contribution in [0.2, 0.25) is 0 Å². The Hall–Kier alpha value is -3.18. The molecule has 0 aromatic carbocycles. The average molecular weight is 497 g/mol. The van der Waals surface area contributed by atoms with Gasteiger partial charge in [0, 0.05) is 27.6 Å². The van der Waals surface area contributed by atoms with Crippen LogP contribution >= 0.6 is 0 Å². The minimum atomic E-state index is -1.62. The second-order valence-corrected chi connectivity index (χ2v) is 9.47. The lowest BCUT2D eigenvalue weighted by Crippen LogP contribution is -2.61. The van der Waals surface area contributed by atoms with Crippen LogP contribution < -0.4 is 5.32 Å². The van der Waals surface area contributed by atoms with Gasteiger partial charge in [-0.05, 0) is 18.8 Å². The summed E-state index contributed by atoms with van der Waals surface area (Å²) >= 11 is 0. The van der Waals surface area contributed by atoms with Gasteiger partial charge in [-0.3, -0.25) is 24.0 Å². The summed E-state index contributed by atoms with van der Waals surface area (Å²) in [5.74, 6) is -4.46. The monoisotopic (exact) mass is 496 g/mol. The minimum Gasteiger partial charge on any atom is -0.481 e. The van der Waals surface area contributed by atoms with Crippen LogP contribution in [0, 0.1) is 5.92 Å². The van der Waals surface area contributed by atoms with Gasteiger partial charge in [-0.25, -0.2) is 4.79 Å². The van der Waals surface area contributed by atoms with Crippen molar-refractivity contribution >= 4 is 35.6 Å². The fourth-order valence-corrected chi connectivity index (χ4v) is 4.74. The first kappa shape index (κ1) is 28.1. The number of carboxylic acids is 2. The van der Waals surface area contributed by atoms with E-state index in [0.717, 1.165) is 37.0 Å². The zero-order valence-electron chi connectivity index (χ0n) is 20.6. The molecule has 0 unspecified atom stereocenters. The predicted octanol–water partition coefficient (Wildman–Crippen LogP) is -0.0929. The molecule has 0 aromatic rings. The van der Waals surface area contributed by atoms with E-state index in [4.69, 9.17) is 10.2 Å². The largest absolute Gasteiger partial charge is 0.481 e. The fraction of sp³-hybridized carbons (Fsp3) is 0.739. The van der Waals surface area contributed by atoms with Crippen molar-refractivity contribution in [2.24, 2.45) is 5.92 Å². The van der Waals surface area contributed by atoms with E-state index in [1.54, 1.807) is 0 Å². The van der Waals surface area contributed by atoms with Crippen LogP contribution in [0.3, 0.4) is 0 Å². The van der Waals surface area contributed by atoms with Crippen molar-refractivity contribution in [2.45, 2.75) is 76.4 Å². The summed E-state index contributed by atoms with van der Waals surface area (Å²) in [6, 6.07) is -3.07. The SMILES string of the molecule is CC(=O)N1CC[C@H]1C(=O)N(C)[C@@H](CC1CCCCC1)C(=O)N(C)CC(=O)N[C@@H](CC(=O)O)C(=O)O. The highest BCUT2D eigenvalue weighted by Crippen LogP contribution is 2.30. The quantitative estimate of drug-likeness (QED) is 0.357. The molecule has 1 heterocycles. The number of hydrogen-bond donors (Lipinski definition) is 3. The summed E-state index contributed by atoms with van der Waals surface area (Å²) in [5.41, 5.74) is 0. The summed E-state index contributed by atoms with van der Waals surface area (Å²) in [6.07, 6.45) is 5.24. The van der Waals surface area contributed by atoms with Crippen LogP contribution in [0.15, 0.2) is 0 Å². The van der Waals surface area contributed by atoms with E-state index >= 15 is 0 Å². The lowest BCUT2D eigenvalue weighted by Gasteiger charge is -2.43. The van der Waals surface area contributed by atoms with Gasteiger partial charge in [0.25, 0.3) is 0 Å². The third-order valence-electron chi connectivity index (χ3n) is 6.86. The van der Waals surface area contributed by atoms with Gasteiger partial charge >= 0.3 is 11.9 Å². The molecule has 0 aromatic heterocycles. The van der Waals surface area contributed by atoms with Crippen molar-refractivity contribution in [1.29, 1.82) is 0 Å². The third-order valence-corrected chi connectivity index (χ3v) is 6.86. The summed E-state index contributed by atoms with van der Waals surface area (Å²) < 4.78 is 0. The average Bonchev–Trinajstić information content (AvgIpc) is 2.75. The molecular weight excluding hydrogens is 460 g/mol. The van der Waals surface area contributed by atoms with Crippen molar-refractivity contribution in [3.8, 4) is 0 Å². The van der Waals surface area contributed by atoms with E-state index in [-0.39, 0.29) is 17.7 Å². The standard InChI is InChI=1S/C23H36N4O8/c1-14(28)27-10-9-17(27)22(33)26(3)18(11-15-7-5-4-6-8-15)21(32)25(2)13-19(29)24-16(23(34)35)12-20(30)31/h15-18H,4-13H2,1-3H3,(H,24,29)(H,30,31)(H,34,35)/t16-,17-,18-/m0/s1. The minimum absolute atomic E-state index is 0.207.